The van der Waals surface area contributed by atoms with Crippen LogP contribution in [-0.4, -0.2) is 34.3 Å². The van der Waals surface area contributed by atoms with Gasteiger partial charge in [-0.05, 0) is 25.1 Å². The molecule has 1 amide bonds. The summed E-state index contributed by atoms with van der Waals surface area (Å²) in [5.41, 5.74) is 0.445. The topological polar surface area (TPSA) is 49.7 Å². The fourth-order valence-corrected chi connectivity index (χ4v) is 2.38. The van der Waals surface area contributed by atoms with Gasteiger partial charge in [0.15, 0.2) is 5.78 Å². The molecule has 0 fully saturated rings. The molecular weight excluding hydrogens is 311 g/mol. The Morgan fingerprint density at radius 1 is 1.32 bits per heavy atom. The number of amides is 1. The summed E-state index contributed by atoms with van der Waals surface area (Å²) in [4.78, 5) is 22.6. The SMILES string of the molecule is CC1=NN(C)C(=O)C1(Cl)C(=O)c1ccc(Cl)c(Cl)c1. The lowest BCUT2D eigenvalue weighted by molar-refractivity contribution is -0.128. The number of benzene rings is 1. The molecule has 0 spiro atoms. The van der Waals surface area contributed by atoms with Gasteiger partial charge in [-0.25, -0.2) is 5.01 Å². The van der Waals surface area contributed by atoms with E-state index >= 15 is 0 Å². The quantitative estimate of drug-likeness (QED) is 0.478. The van der Waals surface area contributed by atoms with E-state index in [-0.39, 0.29) is 16.3 Å². The Morgan fingerprint density at radius 2 is 1.95 bits per heavy atom. The maximum atomic E-state index is 12.4. The molecule has 0 saturated heterocycles. The molecule has 1 atom stereocenters. The molecule has 4 nitrogen and oxygen atoms in total. The highest BCUT2D eigenvalue weighted by Gasteiger charge is 2.53. The summed E-state index contributed by atoms with van der Waals surface area (Å²) in [5, 5.41) is 5.50. The number of carbonyl (C=O) groups is 2. The van der Waals surface area contributed by atoms with E-state index in [1.807, 2.05) is 0 Å². The number of alkyl halides is 1. The van der Waals surface area contributed by atoms with Crippen molar-refractivity contribution in [3.05, 3.63) is 33.8 Å². The van der Waals surface area contributed by atoms with E-state index in [4.69, 9.17) is 34.8 Å². The number of hydrazone groups is 1. The van der Waals surface area contributed by atoms with Crippen LogP contribution < -0.4 is 0 Å². The fourth-order valence-electron chi connectivity index (χ4n) is 1.81. The van der Waals surface area contributed by atoms with E-state index in [0.29, 0.717) is 5.02 Å². The molecule has 1 aromatic carbocycles. The van der Waals surface area contributed by atoms with E-state index in [0.717, 1.165) is 5.01 Å². The number of hydrogen-bond donors (Lipinski definition) is 0. The second kappa shape index (κ2) is 4.78. The van der Waals surface area contributed by atoms with Gasteiger partial charge in [0, 0.05) is 12.6 Å². The number of nitrogens with zero attached hydrogens (tertiary/aromatic N) is 2. The van der Waals surface area contributed by atoms with E-state index < -0.39 is 16.6 Å². The minimum Gasteiger partial charge on any atom is -0.291 e. The maximum Gasteiger partial charge on any atom is 0.277 e. The molecule has 2 rings (SSSR count). The molecule has 0 saturated carbocycles. The molecule has 1 aliphatic heterocycles. The summed E-state index contributed by atoms with van der Waals surface area (Å²) in [5.74, 6) is -1.15. The Labute approximate surface area is 124 Å². The van der Waals surface area contributed by atoms with E-state index in [9.17, 15) is 9.59 Å². The van der Waals surface area contributed by atoms with Gasteiger partial charge in [-0.1, -0.05) is 34.8 Å². The summed E-state index contributed by atoms with van der Waals surface area (Å²) in [7, 11) is 1.44. The van der Waals surface area contributed by atoms with Crippen molar-refractivity contribution in [2.75, 3.05) is 7.05 Å². The lowest BCUT2D eigenvalue weighted by Crippen LogP contribution is -2.46. The first-order valence-electron chi connectivity index (χ1n) is 5.31. The van der Waals surface area contributed by atoms with Gasteiger partial charge in [-0.15, -0.1) is 0 Å². The molecule has 0 N–H and O–H groups in total. The molecular formula is C12H9Cl3N2O2. The Bertz CT molecular complexity index is 615. The number of ketones is 1. The van der Waals surface area contributed by atoms with E-state index in [2.05, 4.69) is 5.10 Å². The Morgan fingerprint density at radius 3 is 2.42 bits per heavy atom. The standard InChI is InChI=1S/C12H9Cl3N2O2/c1-6-12(15,11(19)17(2)16-6)10(18)7-3-4-8(13)9(14)5-7/h3-5H,1-2H3. The molecule has 0 bridgehead atoms. The lowest BCUT2D eigenvalue weighted by atomic mass is 9.93. The predicted molar refractivity (Wildman–Crippen MR) is 75.3 cm³/mol. The van der Waals surface area contributed by atoms with Crippen molar-refractivity contribution in [1.29, 1.82) is 0 Å². The average molecular weight is 320 g/mol. The van der Waals surface area contributed by atoms with Gasteiger partial charge in [0.1, 0.15) is 0 Å². The van der Waals surface area contributed by atoms with Gasteiger partial charge in [0.05, 0.1) is 15.8 Å². The Kier molecular flexibility index (Phi) is 3.60. The van der Waals surface area contributed by atoms with E-state index in [1.165, 1.54) is 32.2 Å². The van der Waals surface area contributed by atoms with Crippen molar-refractivity contribution in [2.24, 2.45) is 5.10 Å². The van der Waals surface area contributed by atoms with Crippen LogP contribution in [0.2, 0.25) is 10.0 Å². The number of Topliss-reactive ketones (excluding diaryl/α,β-unsaturated/α-hetero) is 1. The first-order chi connectivity index (χ1) is 8.78. The lowest BCUT2D eigenvalue weighted by Gasteiger charge is -2.18. The molecule has 0 aromatic heterocycles. The van der Waals surface area contributed by atoms with Gasteiger partial charge in [0.2, 0.25) is 4.87 Å². The van der Waals surface area contributed by atoms with Crippen LogP contribution in [-0.2, 0) is 4.79 Å². The van der Waals surface area contributed by atoms with Crippen molar-refractivity contribution < 1.29 is 9.59 Å². The summed E-state index contributed by atoms with van der Waals surface area (Å²) in [6.45, 7) is 1.53. The van der Waals surface area contributed by atoms with Crippen molar-refractivity contribution in [3.8, 4) is 0 Å². The van der Waals surface area contributed by atoms with Crippen LogP contribution >= 0.6 is 34.8 Å². The van der Waals surface area contributed by atoms with Gasteiger partial charge < -0.3 is 0 Å². The minimum atomic E-state index is -1.80. The highest BCUT2D eigenvalue weighted by molar-refractivity contribution is 6.61. The van der Waals surface area contributed by atoms with Crippen LogP contribution in [0.25, 0.3) is 0 Å². The van der Waals surface area contributed by atoms with Gasteiger partial charge in [0.25, 0.3) is 5.91 Å². The third-order valence-corrected chi connectivity index (χ3v) is 4.23. The zero-order valence-electron chi connectivity index (χ0n) is 10.1. The van der Waals surface area contributed by atoms with E-state index in [1.54, 1.807) is 0 Å². The Hall–Kier alpha value is -1.10. The van der Waals surface area contributed by atoms with Crippen LogP contribution in [0.1, 0.15) is 17.3 Å². The predicted octanol–water partition coefficient (Wildman–Crippen LogP) is 3.00. The molecule has 0 radical (unpaired) electrons. The minimum absolute atomic E-state index is 0.211. The highest BCUT2D eigenvalue weighted by atomic mass is 35.5. The van der Waals surface area contributed by atoms with Gasteiger partial charge in [-0.2, -0.15) is 5.10 Å². The molecule has 100 valence electrons. The summed E-state index contributed by atoms with van der Waals surface area (Å²) < 4.78 is 0. The molecule has 0 aliphatic carbocycles. The molecule has 1 aromatic rings. The first-order valence-corrected chi connectivity index (χ1v) is 6.44. The average Bonchev–Trinajstić information content (AvgIpc) is 2.57. The van der Waals surface area contributed by atoms with Crippen LogP contribution in [0.5, 0.6) is 0 Å². The smallest absolute Gasteiger partial charge is 0.277 e. The highest BCUT2D eigenvalue weighted by Crippen LogP contribution is 2.32. The third-order valence-electron chi connectivity index (χ3n) is 2.88. The summed E-state index contributed by atoms with van der Waals surface area (Å²) in [6.07, 6.45) is 0. The van der Waals surface area contributed by atoms with Crippen LogP contribution in [0, 0.1) is 0 Å². The monoisotopic (exact) mass is 318 g/mol. The third kappa shape index (κ3) is 2.14. The number of carbonyl (C=O) groups excluding carboxylic acids is 2. The maximum absolute atomic E-state index is 12.4. The zero-order chi connectivity index (χ0) is 14.4. The number of halogens is 3. The summed E-state index contributed by atoms with van der Waals surface area (Å²) >= 11 is 17.8. The van der Waals surface area contributed by atoms with Crippen molar-refractivity contribution >= 4 is 52.2 Å². The second-order valence-electron chi connectivity index (χ2n) is 4.13. The van der Waals surface area contributed by atoms with Crippen LogP contribution in [0.4, 0.5) is 0 Å². The molecule has 1 aliphatic rings. The fraction of sp³-hybridized carbons (Fsp3) is 0.250. The number of rotatable bonds is 2. The van der Waals surface area contributed by atoms with Crippen molar-refractivity contribution in [3.63, 3.8) is 0 Å². The van der Waals surface area contributed by atoms with Gasteiger partial charge >= 0.3 is 0 Å². The largest absolute Gasteiger partial charge is 0.291 e. The number of hydrogen-bond acceptors (Lipinski definition) is 3. The van der Waals surface area contributed by atoms with Crippen molar-refractivity contribution in [1.82, 2.24) is 5.01 Å². The Balaban J connectivity index is 2.47. The van der Waals surface area contributed by atoms with Gasteiger partial charge in [-0.3, -0.25) is 9.59 Å². The molecule has 1 unspecified atom stereocenters. The molecule has 1 heterocycles. The molecule has 19 heavy (non-hydrogen) atoms. The van der Waals surface area contributed by atoms with Crippen LogP contribution in [0.3, 0.4) is 0 Å². The summed E-state index contributed by atoms with van der Waals surface area (Å²) in [6, 6.07) is 4.34. The molecule has 7 heteroatoms. The zero-order valence-corrected chi connectivity index (χ0v) is 12.3. The van der Waals surface area contributed by atoms with Crippen molar-refractivity contribution in [2.45, 2.75) is 11.8 Å². The first kappa shape index (κ1) is 14.3. The second-order valence-corrected chi connectivity index (χ2v) is 5.51. The van der Waals surface area contributed by atoms with Crippen LogP contribution in [0.15, 0.2) is 23.3 Å². The normalized spacial score (nSPS) is 22.7.